The zero-order valence-corrected chi connectivity index (χ0v) is 14.3. The Morgan fingerprint density at radius 2 is 1.18 bits per heavy atom. The molecule has 1 aliphatic heterocycles. The van der Waals surface area contributed by atoms with Crippen LogP contribution in [0, 0.1) is 29.1 Å². The minimum Gasteiger partial charge on any atom is -0.257 e. The molecule has 1 aliphatic rings. The Morgan fingerprint density at radius 1 is 0.679 bits per heavy atom. The molecule has 3 aromatic rings. The van der Waals surface area contributed by atoms with E-state index in [1.807, 2.05) is 0 Å². The first kappa shape index (κ1) is 18.2. The summed E-state index contributed by atoms with van der Waals surface area (Å²) in [5.74, 6) is -9.78. The van der Waals surface area contributed by atoms with Gasteiger partial charge in [0.1, 0.15) is 0 Å². The van der Waals surface area contributed by atoms with E-state index < -0.39 is 40.7 Å². The number of para-hydroxylation sites is 1. The highest BCUT2D eigenvalue weighted by Gasteiger charge is 2.37. The van der Waals surface area contributed by atoms with Gasteiger partial charge in [-0.2, -0.15) is 5.10 Å². The molecule has 0 fully saturated rings. The molecule has 2 nitrogen and oxygen atoms in total. The van der Waals surface area contributed by atoms with Crippen LogP contribution in [-0.4, -0.2) is 5.71 Å². The molecule has 0 amide bonds. The Morgan fingerprint density at radius 3 is 1.75 bits per heavy atom. The lowest BCUT2D eigenvalue weighted by atomic mass is 9.96. The fourth-order valence-electron chi connectivity index (χ4n) is 3.27. The third kappa shape index (κ3) is 2.93. The van der Waals surface area contributed by atoms with Gasteiger partial charge in [-0.15, -0.1) is 0 Å². The highest BCUT2D eigenvalue weighted by atomic mass is 19.2. The van der Waals surface area contributed by atoms with E-state index in [-0.39, 0.29) is 6.42 Å². The predicted molar refractivity (Wildman–Crippen MR) is 95.5 cm³/mol. The number of hydrogen-bond donors (Lipinski definition) is 0. The maximum absolute atomic E-state index is 14.5. The minimum absolute atomic E-state index is 0.0166. The lowest BCUT2D eigenvalue weighted by Crippen LogP contribution is -2.23. The van der Waals surface area contributed by atoms with E-state index in [1.165, 1.54) is 5.01 Å². The maximum Gasteiger partial charge on any atom is 0.200 e. The SMILES string of the molecule is Fc1c(F)c(F)c(C2CC(c3ccccc3)=NN2c2ccccc2)c(F)c1F. The van der Waals surface area contributed by atoms with Gasteiger partial charge in [0.25, 0.3) is 0 Å². The van der Waals surface area contributed by atoms with Crippen LogP contribution in [0.15, 0.2) is 65.8 Å². The number of rotatable bonds is 3. The van der Waals surface area contributed by atoms with Crippen LogP contribution < -0.4 is 5.01 Å². The van der Waals surface area contributed by atoms with Crippen molar-refractivity contribution in [1.29, 1.82) is 0 Å². The summed E-state index contributed by atoms with van der Waals surface area (Å²) >= 11 is 0. The van der Waals surface area contributed by atoms with Gasteiger partial charge in [-0.3, -0.25) is 5.01 Å². The fraction of sp³-hybridized carbons (Fsp3) is 0.0952. The van der Waals surface area contributed by atoms with E-state index in [4.69, 9.17) is 0 Å². The summed E-state index contributed by atoms with van der Waals surface area (Å²) in [7, 11) is 0. The summed E-state index contributed by atoms with van der Waals surface area (Å²) in [6.07, 6.45) is -0.0166. The van der Waals surface area contributed by atoms with Crippen LogP contribution >= 0.6 is 0 Å². The van der Waals surface area contributed by atoms with Crippen molar-refractivity contribution >= 4 is 11.4 Å². The lowest BCUT2D eigenvalue weighted by molar-refractivity contribution is 0.364. The van der Waals surface area contributed by atoms with Crippen LogP contribution in [-0.2, 0) is 0 Å². The number of halogens is 5. The number of benzene rings is 3. The largest absolute Gasteiger partial charge is 0.257 e. The Labute approximate surface area is 157 Å². The quantitative estimate of drug-likeness (QED) is 0.318. The summed E-state index contributed by atoms with van der Waals surface area (Å²) < 4.78 is 70.0. The third-order valence-corrected chi connectivity index (χ3v) is 4.62. The van der Waals surface area contributed by atoms with Gasteiger partial charge in [-0.25, -0.2) is 22.0 Å². The summed E-state index contributed by atoms with van der Waals surface area (Å²) in [5, 5.41) is 5.72. The summed E-state index contributed by atoms with van der Waals surface area (Å²) in [4.78, 5) is 0. The molecule has 3 aromatic carbocycles. The van der Waals surface area contributed by atoms with Crippen molar-refractivity contribution < 1.29 is 22.0 Å². The molecular weight excluding hydrogens is 375 g/mol. The second-order valence-corrected chi connectivity index (χ2v) is 6.30. The van der Waals surface area contributed by atoms with Gasteiger partial charge < -0.3 is 0 Å². The normalized spacial score (nSPS) is 16.4. The van der Waals surface area contributed by atoms with Crippen LogP contribution in [0.5, 0.6) is 0 Å². The molecule has 0 radical (unpaired) electrons. The van der Waals surface area contributed by atoms with Gasteiger partial charge in [0.15, 0.2) is 23.3 Å². The van der Waals surface area contributed by atoms with Gasteiger partial charge >= 0.3 is 0 Å². The number of nitrogens with zero attached hydrogens (tertiary/aromatic N) is 2. The minimum atomic E-state index is -2.17. The van der Waals surface area contributed by atoms with Crippen LogP contribution in [0.3, 0.4) is 0 Å². The lowest BCUT2D eigenvalue weighted by Gasteiger charge is -2.25. The molecule has 0 N–H and O–H groups in total. The first-order valence-electron chi connectivity index (χ1n) is 8.47. The van der Waals surface area contributed by atoms with Crippen LogP contribution in [0.1, 0.15) is 23.6 Å². The molecule has 4 rings (SSSR count). The molecule has 7 heteroatoms. The number of hydrazone groups is 1. The molecule has 0 bridgehead atoms. The van der Waals surface area contributed by atoms with Crippen molar-refractivity contribution in [2.45, 2.75) is 12.5 Å². The second kappa shape index (κ2) is 7.07. The van der Waals surface area contributed by atoms with Gasteiger partial charge in [0, 0.05) is 6.42 Å². The van der Waals surface area contributed by atoms with Crippen molar-refractivity contribution in [3.63, 3.8) is 0 Å². The first-order chi connectivity index (χ1) is 13.5. The number of anilines is 1. The molecule has 0 spiro atoms. The molecule has 1 heterocycles. The smallest absolute Gasteiger partial charge is 0.200 e. The van der Waals surface area contributed by atoms with Crippen LogP contribution in [0.25, 0.3) is 0 Å². The zero-order valence-electron chi connectivity index (χ0n) is 14.3. The van der Waals surface area contributed by atoms with Crippen molar-refractivity contribution in [1.82, 2.24) is 0 Å². The average Bonchev–Trinajstić information content (AvgIpc) is 3.17. The van der Waals surface area contributed by atoms with E-state index in [0.29, 0.717) is 17.0 Å². The van der Waals surface area contributed by atoms with Crippen molar-refractivity contribution in [3.05, 3.63) is 101 Å². The Hall–Kier alpha value is -3.22. The molecule has 1 atom stereocenters. The second-order valence-electron chi connectivity index (χ2n) is 6.30. The van der Waals surface area contributed by atoms with Gasteiger partial charge in [0.2, 0.25) is 5.82 Å². The Kier molecular flexibility index (Phi) is 4.58. The molecule has 0 saturated carbocycles. The zero-order chi connectivity index (χ0) is 19.8. The first-order valence-corrected chi connectivity index (χ1v) is 8.47. The molecule has 1 unspecified atom stereocenters. The van der Waals surface area contributed by atoms with Gasteiger partial charge in [-0.05, 0) is 17.7 Å². The summed E-state index contributed by atoms with van der Waals surface area (Å²) in [5.41, 5.74) is 0.769. The molecule has 0 aliphatic carbocycles. The van der Waals surface area contributed by atoms with E-state index in [0.717, 1.165) is 0 Å². The van der Waals surface area contributed by atoms with Crippen molar-refractivity contribution in [2.75, 3.05) is 5.01 Å². The van der Waals surface area contributed by atoms with E-state index >= 15 is 0 Å². The Bertz CT molecular complexity index is 1020. The topological polar surface area (TPSA) is 15.6 Å². The predicted octanol–water partition coefficient (Wildman–Crippen LogP) is 5.74. The molecular formula is C21H13F5N2. The standard InChI is InChI=1S/C21H13F5N2/c22-17-16(18(23)20(25)21(26)19(17)24)15-11-14(12-7-3-1-4-8-12)27-28(15)13-9-5-2-6-10-13/h1-10,15H,11H2. The van der Waals surface area contributed by atoms with Gasteiger partial charge in [-0.1, -0.05) is 48.5 Å². The highest BCUT2D eigenvalue weighted by Crippen LogP contribution is 2.40. The number of hydrogen-bond acceptors (Lipinski definition) is 2. The fourth-order valence-corrected chi connectivity index (χ4v) is 3.27. The Balaban J connectivity index is 1.87. The van der Waals surface area contributed by atoms with Crippen LogP contribution in [0.4, 0.5) is 27.6 Å². The third-order valence-electron chi connectivity index (χ3n) is 4.62. The van der Waals surface area contributed by atoms with E-state index in [2.05, 4.69) is 5.10 Å². The molecule has 28 heavy (non-hydrogen) atoms. The summed E-state index contributed by atoms with van der Waals surface area (Å²) in [6.45, 7) is 0. The van der Waals surface area contributed by atoms with Crippen molar-refractivity contribution in [2.24, 2.45) is 5.10 Å². The molecule has 0 saturated heterocycles. The van der Waals surface area contributed by atoms with Crippen LogP contribution in [0.2, 0.25) is 0 Å². The maximum atomic E-state index is 14.5. The molecule has 142 valence electrons. The van der Waals surface area contributed by atoms with Gasteiger partial charge in [0.05, 0.1) is 23.0 Å². The highest BCUT2D eigenvalue weighted by molar-refractivity contribution is 6.03. The average molecular weight is 388 g/mol. The van der Waals surface area contributed by atoms with Crippen molar-refractivity contribution in [3.8, 4) is 0 Å². The van der Waals surface area contributed by atoms with E-state index in [9.17, 15) is 22.0 Å². The molecule has 0 aromatic heterocycles. The van der Waals surface area contributed by atoms with E-state index in [1.54, 1.807) is 60.7 Å². The monoisotopic (exact) mass is 388 g/mol. The summed E-state index contributed by atoms with van der Waals surface area (Å²) in [6, 6.07) is 16.1.